The van der Waals surface area contributed by atoms with Gasteiger partial charge in [0.2, 0.25) is 0 Å². The van der Waals surface area contributed by atoms with E-state index in [4.69, 9.17) is 8.82 Å². The van der Waals surface area contributed by atoms with Crippen molar-refractivity contribution in [1.82, 2.24) is 0 Å². The Labute approximate surface area is 257 Å². The predicted molar refractivity (Wildman–Crippen MR) is 174 cm³/mol. The van der Waals surface area contributed by atoms with Crippen LogP contribution in [0.5, 0.6) is 0 Å². The monoisotopic (exact) mass is 646 g/mol. The molecule has 0 heterocycles. The van der Waals surface area contributed by atoms with Crippen LogP contribution in [0.25, 0.3) is 0 Å². The zero-order valence-corrected chi connectivity index (χ0v) is 30.1. The Morgan fingerprint density at radius 3 is 0.816 bits per heavy atom. The SMILES string of the molecule is C[Si](C)(C)N=P([CH-]P(=N[Si](C)(C)C)(c1ccccc1)c1ccccc1)(c1ccccc1)c1ccccc1.[Y]. The van der Waals surface area contributed by atoms with E-state index in [0.717, 1.165) is 0 Å². The van der Waals surface area contributed by atoms with Crippen molar-refractivity contribution in [3.05, 3.63) is 127 Å². The van der Waals surface area contributed by atoms with Crippen LogP contribution in [0.4, 0.5) is 0 Å². The van der Waals surface area contributed by atoms with Crippen molar-refractivity contribution >= 4 is 51.8 Å². The molecular weight excluding hydrogens is 607 g/mol. The summed E-state index contributed by atoms with van der Waals surface area (Å²) < 4.78 is 11.8. The van der Waals surface area contributed by atoms with E-state index >= 15 is 0 Å². The summed E-state index contributed by atoms with van der Waals surface area (Å²) in [6.45, 7) is 14.2. The number of hydrogen-bond acceptors (Lipinski definition) is 2. The summed E-state index contributed by atoms with van der Waals surface area (Å²) in [4.78, 5) is 0. The van der Waals surface area contributed by atoms with Crippen LogP contribution in [0.3, 0.4) is 0 Å². The molecule has 0 bridgehead atoms. The topological polar surface area (TPSA) is 24.7 Å². The molecule has 195 valence electrons. The van der Waals surface area contributed by atoms with Crippen LogP contribution < -0.4 is 21.2 Å². The van der Waals surface area contributed by atoms with Gasteiger partial charge in [-0.25, -0.2) is 5.90 Å². The molecule has 4 aromatic carbocycles. The Morgan fingerprint density at radius 2 is 0.632 bits per heavy atom. The van der Waals surface area contributed by atoms with Crippen LogP contribution in [0.1, 0.15) is 0 Å². The van der Waals surface area contributed by atoms with E-state index in [0.29, 0.717) is 0 Å². The summed E-state index contributed by atoms with van der Waals surface area (Å²) in [5.41, 5.74) is 0. The third-order valence-corrected chi connectivity index (χ3v) is 20.2. The maximum absolute atomic E-state index is 5.92. The van der Waals surface area contributed by atoms with Gasteiger partial charge in [-0.1, -0.05) is 161 Å². The molecule has 7 heteroatoms. The Bertz CT molecular complexity index is 1220. The van der Waals surface area contributed by atoms with E-state index < -0.39 is 30.6 Å². The van der Waals surface area contributed by atoms with Crippen molar-refractivity contribution in [2.24, 2.45) is 8.82 Å². The first kappa shape index (κ1) is 31.4. The van der Waals surface area contributed by atoms with Gasteiger partial charge in [-0.3, -0.25) is 0 Å². The Morgan fingerprint density at radius 1 is 0.421 bits per heavy atom. The quantitative estimate of drug-likeness (QED) is 0.104. The summed E-state index contributed by atoms with van der Waals surface area (Å²) in [6.07, 6.45) is 0. The number of rotatable bonds is 8. The molecule has 0 unspecified atom stereocenters. The van der Waals surface area contributed by atoms with Crippen LogP contribution >= 0.6 is 14.1 Å². The molecule has 38 heavy (non-hydrogen) atoms. The van der Waals surface area contributed by atoms with Gasteiger partial charge < -0.3 is 8.82 Å². The first-order valence-electron chi connectivity index (χ1n) is 12.9. The van der Waals surface area contributed by atoms with Crippen molar-refractivity contribution in [3.8, 4) is 0 Å². The van der Waals surface area contributed by atoms with Crippen molar-refractivity contribution < 1.29 is 32.7 Å². The van der Waals surface area contributed by atoms with Gasteiger partial charge in [-0.05, 0) is 21.2 Å². The molecular formula is C31H39N2P2Si2Y-. The molecule has 4 rings (SSSR count). The summed E-state index contributed by atoms with van der Waals surface area (Å²) in [7, 11) is -8.42. The second-order valence-corrected chi connectivity index (χ2v) is 27.4. The molecule has 0 aliphatic carbocycles. The van der Waals surface area contributed by atoms with Crippen molar-refractivity contribution in [3.63, 3.8) is 0 Å². The predicted octanol–water partition coefficient (Wildman–Crippen LogP) is 8.48. The first-order valence-corrected chi connectivity index (χ1v) is 23.4. The Kier molecular flexibility index (Phi) is 10.8. The molecule has 0 saturated carbocycles. The van der Waals surface area contributed by atoms with Crippen LogP contribution in [0, 0.1) is 5.90 Å². The van der Waals surface area contributed by atoms with Crippen LogP contribution in [0.2, 0.25) is 39.3 Å². The summed E-state index contributed by atoms with van der Waals surface area (Å²) in [5.74, 6) is 2.69. The fourth-order valence-corrected chi connectivity index (χ4v) is 22.6. The second-order valence-electron chi connectivity index (χ2n) is 11.4. The maximum Gasteiger partial charge on any atom is 0.167 e. The van der Waals surface area contributed by atoms with E-state index in [2.05, 4.69) is 167 Å². The van der Waals surface area contributed by atoms with Gasteiger partial charge >= 0.3 is 0 Å². The number of hydrogen-bond donors (Lipinski definition) is 0. The minimum atomic E-state index is -2.32. The molecule has 0 amide bonds. The first-order chi connectivity index (χ1) is 17.5. The van der Waals surface area contributed by atoms with E-state index in [1.54, 1.807) is 0 Å². The molecule has 1 radical (unpaired) electrons. The zero-order chi connectivity index (χ0) is 26.6. The van der Waals surface area contributed by atoms with Crippen LogP contribution in [-0.4, -0.2) is 16.5 Å². The summed E-state index contributed by atoms with van der Waals surface area (Å²) in [6, 6.07) is 44.1. The van der Waals surface area contributed by atoms with Gasteiger partial charge in [0.15, 0.2) is 16.5 Å². The standard InChI is InChI=1S/C31H39N2P2Si2.Y/c1-36(2,3)32-34(28-19-11-7-12-20-28,29-21-13-8-14-22-29)27-35(33-37(4,5)6,30-23-15-9-16-24-30)31-25-17-10-18-26-31;/h7-27H,1-6H3;/q-1;. The normalized spacial score (nSPS) is 12.4. The third kappa shape index (κ3) is 7.54. The van der Waals surface area contributed by atoms with Gasteiger partial charge in [-0.2, -0.15) is 0 Å². The molecule has 0 aliphatic heterocycles. The molecule has 0 fully saturated rings. The molecule has 0 saturated heterocycles. The van der Waals surface area contributed by atoms with E-state index in [1.807, 2.05) is 0 Å². The molecule has 0 aromatic heterocycles. The molecule has 0 aliphatic rings. The Hall–Kier alpha value is -1.12. The largest absolute Gasteiger partial charge is 0.359 e. The molecule has 0 atom stereocenters. The molecule has 2 nitrogen and oxygen atoms in total. The van der Waals surface area contributed by atoms with Crippen molar-refractivity contribution in [1.29, 1.82) is 0 Å². The third-order valence-electron chi connectivity index (χ3n) is 5.85. The van der Waals surface area contributed by atoms with Crippen LogP contribution in [-0.2, 0) is 32.7 Å². The fraction of sp³-hybridized carbons (Fsp3) is 0.194. The zero-order valence-electron chi connectivity index (χ0n) is 23.5. The van der Waals surface area contributed by atoms with Gasteiger partial charge in [0.05, 0.1) is 0 Å². The minimum Gasteiger partial charge on any atom is -0.359 e. The number of benzene rings is 4. The summed E-state index contributed by atoms with van der Waals surface area (Å²) >= 11 is 0. The van der Waals surface area contributed by atoms with E-state index in [9.17, 15) is 0 Å². The summed E-state index contributed by atoms with van der Waals surface area (Å²) in [5, 5.41) is 5.24. The number of nitrogens with zero attached hydrogens (tertiary/aromatic N) is 2. The average Bonchev–Trinajstić information content (AvgIpc) is 2.88. The Balaban J connectivity index is 0.00000400. The van der Waals surface area contributed by atoms with Gasteiger partial charge in [0.1, 0.15) is 0 Å². The van der Waals surface area contributed by atoms with Crippen molar-refractivity contribution in [2.75, 3.05) is 0 Å². The molecule has 4 aromatic rings. The smallest absolute Gasteiger partial charge is 0.167 e. The van der Waals surface area contributed by atoms with Crippen molar-refractivity contribution in [2.45, 2.75) is 39.3 Å². The van der Waals surface area contributed by atoms with E-state index in [1.165, 1.54) is 21.2 Å². The minimum absolute atomic E-state index is 0. The fourth-order valence-electron chi connectivity index (χ4n) is 4.66. The van der Waals surface area contributed by atoms with Gasteiger partial charge in [0.25, 0.3) is 0 Å². The second kappa shape index (κ2) is 13.0. The van der Waals surface area contributed by atoms with Gasteiger partial charge in [-0.15, -0.1) is 14.1 Å². The maximum atomic E-state index is 5.92. The molecule has 0 N–H and O–H groups in total. The molecule has 0 spiro atoms. The van der Waals surface area contributed by atoms with Gasteiger partial charge in [0, 0.05) is 32.7 Å². The van der Waals surface area contributed by atoms with E-state index in [-0.39, 0.29) is 32.7 Å². The van der Waals surface area contributed by atoms with Crippen LogP contribution in [0.15, 0.2) is 130 Å². The average molecular weight is 647 g/mol.